The molecule has 5 heteroatoms. The number of hydrogen-bond donors (Lipinski definition) is 0. The lowest BCUT2D eigenvalue weighted by atomic mass is 10.0. The number of aryl methyl sites for hydroxylation is 3. The minimum Gasteiger partial charge on any atom is -0.336 e. The predicted octanol–water partition coefficient (Wildman–Crippen LogP) is 2.74. The zero-order chi connectivity index (χ0) is 14.0. The number of nitrogens with zero attached hydrogens (tertiary/aromatic N) is 3. The maximum Gasteiger partial charge on any atom is 0.254 e. The number of carbonyl (C=O) groups is 1. The van der Waals surface area contributed by atoms with Gasteiger partial charge >= 0.3 is 0 Å². The summed E-state index contributed by atoms with van der Waals surface area (Å²) >= 11 is 1.34. The van der Waals surface area contributed by atoms with Gasteiger partial charge in [-0.25, -0.2) is 0 Å². The Labute approximate surface area is 117 Å². The van der Waals surface area contributed by atoms with Gasteiger partial charge in [-0.1, -0.05) is 22.2 Å². The molecule has 4 nitrogen and oxygen atoms in total. The molecule has 0 fully saturated rings. The molecule has 2 aromatic rings. The van der Waals surface area contributed by atoms with Crippen LogP contribution in [-0.2, 0) is 6.54 Å². The van der Waals surface area contributed by atoms with Gasteiger partial charge in [-0.2, -0.15) is 0 Å². The van der Waals surface area contributed by atoms with E-state index in [-0.39, 0.29) is 5.91 Å². The van der Waals surface area contributed by atoms with Gasteiger partial charge in [0.1, 0.15) is 0 Å². The third kappa shape index (κ3) is 2.98. The lowest BCUT2D eigenvalue weighted by molar-refractivity contribution is 0.0785. The van der Waals surface area contributed by atoms with Crippen LogP contribution >= 0.6 is 11.5 Å². The van der Waals surface area contributed by atoms with E-state index in [1.807, 2.05) is 39.0 Å². The first-order valence-electron chi connectivity index (χ1n) is 6.09. The van der Waals surface area contributed by atoms with E-state index in [2.05, 4.69) is 9.59 Å². The number of rotatable bonds is 3. The Hall–Kier alpha value is -1.75. The molecule has 0 N–H and O–H groups in total. The van der Waals surface area contributed by atoms with Gasteiger partial charge in [-0.05, 0) is 43.9 Å². The van der Waals surface area contributed by atoms with Crippen LogP contribution in [0, 0.1) is 20.8 Å². The third-order valence-electron chi connectivity index (χ3n) is 3.09. The van der Waals surface area contributed by atoms with Gasteiger partial charge in [0.2, 0.25) is 0 Å². The number of benzene rings is 1. The van der Waals surface area contributed by atoms with Crippen molar-refractivity contribution in [2.24, 2.45) is 0 Å². The molecule has 0 atom stereocenters. The minimum absolute atomic E-state index is 0.0327. The van der Waals surface area contributed by atoms with Crippen LogP contribution in [-0.4, -0.2) is 27.4 Å². The van der Waals surface area contributed by atoms with E-state index >= 15 is 0 Å². The zero-order valence-corrected chi connectivity index (χ0v) is 12.4. The Morgan fingerprint density at radius 2 is 2.05 bits per heavy atom. The molecule has 0 aliphatic rings. The Morgan fingerprint density at radius 1 is 1.32 bits per heavy atom. The van der Waals surface area contributed by atoms with Crippen LogP contribution < -0.4 is 0 Å². The Morgan fingerprint density at radius 3 is 2.63 bits per heavy atom. The highest BCUT2D eigenvalue weighted by atomic mass is 32.1. The largest absolute Gasteiger partial charge is 0.336 e. The van der Waals surface area contributed by atoms with Crippen molar-refractivity contribution in [3.8, 4) is 0 Å². The maximum absolute atomic E-state index is 12.4. The molecule has 0 unspecified atom stereocenters. The average molecular weight is 275 g/mol. The fraction of sp³-hybridized carbons (Fsp3) is 0.357. The summed E-state index contributed by atoms with van der Waals surface area (Å²) in [5.74, 6) is 0.0327. The van der Waals surface area contributed by atoms with E-state index < -0.39 is 0 Å². The fourth-order valence-corrected chi connectivity index (χ4v) is 2.63. The van der Waals surface area contributed by atoms with Gasteiger partial charge in [0.15, 0.2) is 0 Å². The van der Waals surface area contributed by atoms with Crippen molar-refractivity contribution in [2.45, 2.75) is 27.3 Å². The monoisotopic (exact) mass is 275 g/mol. The summed E-state index contributed by atoms with van der Waals surface area (Å²) in [4.78, 5) is 15.1. The second-order valence-electron chi connectivity index (χ2n) is 4.76. The summed E-state index contributed by atoms with van der Waals surface area (Å²) in [6.45, 7) is 6.45. The molecule has 0 radical (unpaired) electrons. The molecule has 1 heterocycles. The topological polar surface area (TPSA) is 46.1 Å². The molecule has 0 aliphatic carbocycles. The van der Waals surface area contributed by atoms with Crippen molar-refractivity contribution in [3.05, 3.63) is 45.5 Å². The first-order valence-corrected chi connectivity index (χ1v) is 6.87. The highest BCUT2D eigenvalue weighted by Crippen LogP contribution is 2.16. The van der Waals surface area contributed by atoms with Crippen LogP contribution in [0.15, 0.2) is 18.2 Å². The summed E-state index contributed by atoms with van der Waals surface area (Å²) < 4.78 is 3.89. The summed E-state index contributed by atoms with van der Waals surface area (Å²) in [6.07, 6.45) is 0. The fourth-order valence-electron chi connectivity index (χ4n) is 1.94. The summed E-state index contributed by atoms with van der Waals surface area (Å²) in [7, 11) is 1.81. The third-order valence-corrected chi connectivity index (χ3v) is 3.89. The normalized spacial score (nSPS) is 10.5. The van der Waals surface area contributed by atoms with Crippen molar-refractivity contribution in [1.82, 2.24) is 14.5 Å². The van der Waals surface area contributed by atoms with Gasteiger partial charge < -0.3 is 4.90 Å². The summed E-state index contributed by atoms with van der Waals surface area (Å²) in [5, 5.41) is 3.96. The minimum atomic E-state index is 0.0327. The SMILES string of the molecule is Cc1ccc(C(=O)N(C)Cc2snnc2C)c(C)c1. The van der Waals surface area contributed by atoms with Crippen LogP contribution in [0.25, 0.3) is 0 Å². The molecule has 0 bridgehead atoms. The smallest absolute Gasteiger partial charge is 0.254 e. The number of amides is 1. The number of hydrogen-bond acceptors (Lipinski definition) is 4. The Balaban J connectivity index is 2.17. The molecular weight excluding hydrogens is 258 g/mol. The molecule has 0 saturated carbocycles. The highest BCUT2D eigenvalue weighted by molar-refractivity contribution is 7.05. The molecule has 1 aromatic heterocycles. The van der Waals surface area contributed by atoms with Crippen molar-refractivity contribution < 1.29 is 4.79 Å². The van der Waals surface area contributed by atoms with E-state index in [9.17, 15) is 4.79 Å². The van der Waals surface area contributed by atoms with Crippen LogP contribution in [0.5, 0.6) is 0 Å². The van der Waals surface area contributed by atoms with Gasteiger partial charge in [-0.15, -0.1) is 5.10 Å². The highest BCUT2D eigenvalue weighted by Gasteiger charge is 2.16. The van der Waals surface area contributed by atoms with E-state index in [0.717, 1.165) is 21.7 Å². The molecule has 0 saturated heterocycles. The molecule has 0 aliphatic heterocycles. The first kappa shape index (κ1) is 13.7. The molecule has 2 rings (SSSR count). The van der Waals surface area contributed by atoms with Crippen LogP contribution in [0.1, 0.15) is 32.1 Å². The molecular formula is C14H17N3OS. The van der Waals surface area contributed by atoms with Crippen molar-refractivity contribution >= 4 is 17.4 Å². The lowest BCUT2D eigenvalue weighted by Crippen LogP contribution is -2.26. The zero-order valence-electron chi connectivity index (χ0n) is 11.6. The Kier molecular flexibility index (Phi) is 3.95. The standard InChI is InChI=1S/C14H17N3OS/c1-9-5-6-12(10(2)7-9)14(18)17(4)8-13-11(3)15-16-19-13/h5-7H,8H2,1-4H3. The summed E-state index contributed by atoms with van der Waals surface area (Å²) in [6, 6.07) is 5.88. The quantitative estimate of drug-likeness (QED) is 0.865. The number of carbonyl (C=O) groups excluding carboxylic acids is 1. The predicted molar refractivity (Wildman–Crippen MR) is 76.4 cm³/mol. The van der Waals surface area contributed by atoms with E-state index in [1.165, 1.54) is 17.1 Å². The second-order valence-corrected chi connectivity index (χ2v) is 5.60. The van der Waals surface area contributed by atoms with Gasteiger partial charge in [0.25, 0.3) is 5.91 Å². The van der Waals surface area contributed by atoms with Crippen molar-refractivity contribution in [3.63, 3.8) is 0 Å². The first-order chi connectivity index (χ1) is 8.99. The molecule has 1 aromatic carbocycles. The molecule has 0 spiro atoms. The van der Waals surface area contributed by atoms with E-state index in [1.54, 1.807) is 11.9 Å². The van der Waals surface area contributed by atoms with E-state index in [0.29, 0.717) is 6.54 Å². The van der Waals surface area contributed by atoms with Gasteiger partial charge in [0, 0.05) is 12.6 Å². The molecule has 100 valence electrons. The summed E-state index contributed by atoms with van der Waals surface area (Å²) in [5.41, 5.74) is 3.82. The number of aromatic nitrogens is 2. The van der Waals surface area contributed by atoms with Crippen molar-refractivity contribution in [2.75, 3.05) is 7.05 Å². The van der Waals surface area contributed by atoms with Crippen LogP contribution in [0.2, 0.25) is 0 Å². The maximum atomic E-state index is 12.4. The second kappa shape index (κ2) is 5.48. The molecule has 1 amide bonds. The van der Waals surface area contributed by atoms with Gasteiger partial charge in [-0.3, -0.25) is 4.79 Å². The molecule has 19 heavy (non-hydrogen) atoms. The lowest BCUT2D eigenvalue weighted by Gasteiger charge is -2.17. The van der Waals surface area contributed by atoms with Gasteiger partial charge in [0.05, 0.1) is 17.1 Å². The van der Waals surface area contributed by atoms with Crippen LogP contribution in [0.3, 0.4) is 0 Å². The van der Waals surface area contributed by atoms with Crippen LogP contribution in [0.4, 0.5) is 0 Å². The Bertz CT molecular complexity index is 606. The van der Waals surface area contributed by atoms with Crippen molar-refractivity contribution in [1.29, 1.82) is 0 Å². The van der Waals surface area contributed by atoms with E-state index in [4.69, 9.17) is 0 Å². The average Bonchev–Trinajstić information content (AvgIpc) is 2.74.